The molecule has 1 amide bonds. The first kappa shape index (κ1) is 13.9. The summed E-state index contributed by atoms with van der Waals surface area (Å²) in [6.45, 7) is -0.307. The van der Waals surface area contributed by atoms with Crippen molar-refractivity contribution in [2.45, 2.75) is 6.54 Å². The first-order chi connectivity index (χ1) is 9.45. The Morgan fingerprint density at radius 2 is 2.15 bits per heavy atom. The molecule has 0 aliphatic carbocycles. The van der Waals surface area contributed by atoms with Crippen molar-refractivity contribution in [2.75, 3.05) is 5.32 Å². The lowest BCUT2D eigenvalue weighted by atomic mass is 10.2. The number of nitrogens with zero attached hydrogens (tertiary/aromatic N) is 2. The number of benzene rings is 1. The Hall–Kier alpha value is -2.54. The largest absolute Gasteiger partial charge is 0.507 e. The van der Waals surface area contributed by atoms with Crippen LogP contribution in [0.25, 0.3) is 0 Å². The molecular weight excluding hydrogens is 286 g/mol. The summed E-state index contributed by atoms with van der Waals surface area (Å²) in [6, 6.07) is 4.09. The number of nitrogens with one attached hydrogen (secondary N) is 1. The summed E-state index contributed by atoms with van der Waals surface area (Å²) in [5.74, 6) is -1.82. The zero-order valence-corrected chi connectivity index (χ0v) is 10.8. The molecule has 0 aliphatic heterocycles. The molecule has 104 valence electrons. The van der Waals surface area contributed by atoms with Crippen LogP contribution in [-0.4, -0.2) is 31.9 Å². The van der Waals surface area contributed by atoms with E-state index in [1.165, 1.54) is 30.6 Å². The number of halogens is 1. The summed E-state index contributed by atoms with van der Waals surface area (Å²) in [5, 5.41) is 24.8. The van der Waals surface area contributed by atoms with Crippen LogP contribution in [0.3, 0.4) is 0 Å². The quantitative estimate of drug-likeness (QED) is 0.794. The fourth-order valence-electron chi connectivity index (χ4n) is 1.54. The molecule has 0 bridgehead atoms. The molecule has 7 nitrogen and oxygen atoms in total. The van der Waals surface area contributed by atoms with Gasteiger partial charge in [-0.05, 0) is 18.2 Å². The number of carboxylic acids is 1. The number of hydrogen-bond acceptors (Lipinski definition) is 4. The van der Waals surface area contributed by atoms with Crippen molar-refractivity contribution in [2.24, 2.45) is 0 Å². The van der Waals surface area contributed by atoms with E-state index in [-0.39, 0.29) is 17.9 Å². The number of phenols is 1. The summed E-state index contributed by atoms with van der Waals surface area (Å²) in [7, 11) is 0. The lowest BCUT2D eigenvalue weighted by Gasteiger charge is -2.05. The molecular formula is C12H10ClN3O4. The van der Waals surface area contributed by atoms with Crippen LogP contribution in [0, 0.1) is 0 Å². The molecule has 0 saturated carbocycles. The topological polar surface area (TPSA) is 104 Å². The fourth-order valence-corrected chi connectivity index (χ4v) is 1.71. The number of rotatable bonds is 4. The summed E-state index contributed by atoms with van der Waals surface area (Å²) >= 11 is 5.75. The van der Waals surface area contributed by atoms with Gasteiger partial charge in [-0.2, -0.15) is 5.10 Å². The molecule has 1 aromatic heterocycles. The van der Waals surface area contributed by atoms with Gasteiger partial charge in [0, 0.05) is 11.2 Å². The Morgan fingerprint density at radius 3 is 2.85 bits per heavy atom. The predicted molar refractivity (Wildman–Crippen MR) is 70.9 cm³/mol. The number of hydrogen-bond donors (Lipinski definition) is 3. The molecule has 2 aromatic rings. The number of carboxylic acid groups (broad SMARTS) is 1. The minimum absolute atomic E-state index is 0.0171. The van der Waals surface area contributed by atoms with E-state index in [4.69, 9.17) is 16.7 Å². The Morgan fingerprint density at radius 1 is 1.40 bits per heavy atom. The summed E-state index contributed by atoms with van der Waals surface area (Å²) in [5.41, 5.74) is 0.333. The molecule has 0 saturated heterocycles. The van der Waals surface area contributed by atoms with Crippen molar-refractivity contribution >= 4 is 29.2 Å². The minimum atomic E-state index is -1.04. The molecule has 1 heterocycles. The van der Waals surface area contributed by atoms with Crippen LogP contribution in [0.1, 0.15) is 10.4 Å². The van der Waals surface area contributed by atoms with E-state index in [1.807, 2.05) is 0 Å². The van der Waals surface area contributed by atoms with Crippen molar-refractivity contribution in [1.29, 1.82) is 0 Å². The molecule has 0 spiro atoms. The van der Waals surface area contributed by atoms with Gasteiger partial charge < -0.3 is 15.5 Å². The monoisotopic (exact) mass is 295 g/mol. The maximum absolute atomic E-state index is 11.9. The van der Waals surface area contributed by atoms with Gasteiger partial charge in [-0.1, -0.05) is 11.6 Å². The van der Waals surface area contributed by atoms with Crippen molar-refractivity contribution in [1.82, 2.24) is 9.78 Å². The van der Waals surface area contributed by atoms with Crippen molar-refractivity contribution < 1.29 is 19.8 Å². The third-order valence-corrected chi connectivity index (χ3v) is 2.63. The maximum atomic E-state index is 11.9. The molecule has 8 heteroatoms. The van der Waals surface area contributed by atoms with Crippen LogP contribution in [0.5, 0.6) is 5.75 Å². The molecule has 3 N–H and O–H groups in total. The van der Waals surface area contributed by atoms with Gasteiger partial charge in [0.1, 0.15) is 12.3 Å². The Bertz CT molecular complexity index is 668. The van der Waals surface area contributed by atoms with Crippen molar-refractivity contribution in [3.8, 4) is 5.75 Å². The summed E-state index contributed by atoms with van der Waals surface area (Å²) < 4.78 is 1.16. The van der Waals surface area contributed by atoms with Gasteiger partial charge in [-0.15, -0.1) is 0 Å². The molecule has 0 fully saturated rings. The van der Waals surface area contributed by atoms with Crippen molar-refractivity contribution in [3.05, 3.63) is 41.2 Å². The van der Waals surface area contributed by atoms with E-state index in [0.717, 1.165) is 4.68 Å². The average molecular weight is 296 g/mol. The number of aliphatic carboxylic acids is 1. The number of carbonyl (C=O) groups is 2. The maximum Gasteiger partial charge on any atom is 0.325 e. The van der Waals surface area contributed by atoms with E-state index in [2.05, 4.69) is 10.4 Å². The van der Waals surface area contributed by atoms with Crippen LogP contribution in [-0.2, 0) is 11.3 Å². The van der Waals surface area contributed by atoms with Gasteiger partial charge >= 0.3 is 5.97 Å². The molecule has 1 aromatic carbocycles. The van der Waals surface area contributed by atoms with Gasteiger partial charge in [0.15, 0.2) is 0 Å². The number of aromatic hydroxyl groups is 1. The highest BCUT2D eigenvalue weighted by molar-refractivity contribution is 6.31. The van der Waals surface area contributed by atoms with E-state index in [1.54, 1.807) is 0 Å². The fraction of sp³-hybridized carbons (Fsp3) is 0.0833. The molecule has 0 atom stereocenters. The van der Waals surface area contributed by atoms with Crippen molar-refractivity contribution in [3.63, 3.8) is 0 Å². The van der Waals surface area contributed by atoms with E-state index >= 15 is 0 Å². The number of carbonyl (C=O) groups excluding carboxylic acids is 1. The second-order valence-corrected chi connectivity index (χ2v) is 4.37. The van der Waals surface area contributed by atoms with E-state index in [0.29, 0.717) is 10.7 Å². The number of aromatic nitrogens is 2. The third kappa shape index (κ3) is 3.27. The van der Waals surface area contributed by atoms with Gasteiger partial charge in [0.05, 0.1) is 17.4 Å². The highest BCUT2D eigenvalue weighted by Crippen LogP contribution is 2.22. The highest BCUT2D eigenvalue weighted by atomic mass is 35.5. The van der Waals surface area contributed by atoms with Crippen LogP contribution in [0.15, 0.2) is 30.6 Å². The minimum Gasteiger partial charge on any atom is -0.507 e. The SMILES string of the molecule is O=C(O)Cn1cc(NC(=O)c2cc(Cl)ccc2O)cn1. The normalized spacial score (nSPS) is 10.2. The Balaban J connectivity index is 2.13. The van der Waals surface area contributed by atoms with E-state index in [9.17, 15) is 14.7 Å². The molecule has 0 unspecified atom stereocenters. The zero-order valence-electron chi connectivity index (χ0n) is 10.1. The second-order valence-electron chi connectivity index (χ2n) is 3.94. The smallest absolute Gasteiger partial charge is 0.325 e. The number of phenolic OH excluding ortho intramolecular Hbond substituents is 1. The highest BCUT2D eigenvalue weighted by Gasteiger charge is 2.13. The lowest BCUT2D eigenvalue weighted by molar-refractivity contribution is -0.137. The second kappa shape index (κ2) is 5.62. The van der Waals surface area contributed by atoms with Gasteiger partial charge in [-0.3, -0.25) is 14.3 Å². The Kier molecular flexibility index (Phi) is 3.90. The number of anilines is 1. The van der Waals surface area contributed by atoms with Crippen LogP contribution in [0.4, 0.5) is 5.69 Å². The van der Waals surface area contributed by atoms with Crippen LogP contribution < -0.4 is 5.32 Å². The van der Waals surface area contributed by atoms with Gasteiger partial charge in [0.2, 0.25) is 0 Å². The third-order valence-electron chi connectivity index (χ3n) is 2.39. The van der Waals surface area contributed by atoms with Gasteiger partial charge in [-0.25, -0.2) is 0 Å². The first-order valence-corrected chi connectivity index (χ1v) is 5.87. The molecule has 0 radical (unpaired) electrons. The zero-order chi connectivity index (χ0) is 14.7. The predicted octanol–water partition coefficient (Wildman–Crippen LogP) is 1.58. The standard InChI is InChI=1S/C12H10ClN3O4/c13-7-1-2-10(17)9(3-7)12(20)15-8-4-14-16(5-8)6-11(18)19/h1-5,17H,6H2,(H,15,20)(H,18,19). The lowest BCUT2D eigenvalue weighted by Crippen LogP contribution is -2.12. The first-order valence-electron chi connectivity index (χ1n) is 5.50. The molecule has 0 aliphatic rings. The average Bonchev–Trinajstić information content (AvgIpc) is 2.78. The van der Waals surface area contributed by atoms with E-state index < -0.39 is 11.9 Å². The Labute approximate surface area is 118 Å². The number of amides is 1. The summed E-state index contributed by atoms with van der Waals surface area (Å²) in [4.78, 5) is 22.4. The van der Waals surface area contributed by atoms with Crippen LogP contribution in [0.2, 0.25) is 5.02 Å². The summed E-state index contributed by atoms with van der Waals surface area (Å²) in [6.07, 6.45) is 2.68. The molecule has 2 rings (SSSR count). The molecule has 20 heavy (non-hydrogen) atoms. The van der Waals surface area contributed by atoms with Gasteiger partial charge in [0.25, 0.3) is 5.91 Å². The van der Waals surface area contributed by atoms with Crippen LogP contribution >= 0.6 is 11.6 Å².